The van der Waals surface area contributed by atoms with E-state index in [1.54, 1.807) is 0 Å². The van der Waals surface area contributed by atoms with E-state index in [-0.39, 0.29) is 12.4 Å². The van der Waals surface area contributed by atoms with Gasteiger partial charge in [0.2, 0.25) is 0 Å². The lowest BCUT2D eigenvalue weighted by Gasteiger charge is -2.05. The number of hydrogen-bond donors (Lipinski definition) is 1. The van der Waals surface area contributed by atoms with Gasteiger partial charge in [-0.15, -0.1) is 0 Å². The van der Waals surface area contributed by atoms with Crippen LogP contribution in [0.3, 0.4) is 0 Å². The van der Waals surface area contributed by atoms with Gasteiger partial charge in [0.1, 0.15) is 11.9 Å². The minimum absolute atomic E-state index is 0. The molecule has 0 aliphatic carbocycles. The fourth-order valence-electron chi connectivity index (χ4n) is 2.52. The van der Waals surface area contributed by atoms with Gasteiger partial charge in [-0.1, -0.05) is 59.2 Å². The summed E-state index contributed by atoms with van der Waals surface area (Å²) in [6.45, 7) is 1.48. The Morgan fingerprint density at radius 1 is 0.958 bits per heavy atom. The van der Waals surface area contributed by atoms with Crippen molar-refractivity contribution in [1.82, 2.24) is 0 Å². The number of nitrogens with zero attached hydrogens (tertiary/aromatic N) is 1. The first-order chi connectivity index (χ1) is 11.1. The highest BCUT2D eigenvalue weighted by Gasteiger charge is 2.03. The fraction of sp³-hybridized carbons (Fsp3) is 0.211. The van der Waals surface area contributed by atoms with Crippen LogP contribution in [0.5, 0.6) is 0 Å². The Balaban J connectivity index is 0.00000208. The Hall–Kier alpha value is -1.81. The number of fused-ring (bicyclic) bond motifs is 2. The quantitative estimate of drug-likeness (QED) is 0.497. The van der Waals surface area contributed by atoms with Crippen LogP contribution in [0.4, 0.5) is 0 Å². The van der Waals surface area contributed by atoms with E-state index in [1.165, 1.54) is 4.90 Å². The number of nitrogens with one attached hydrogen (secondary N) is 1. The van der Waals surface area contributed by atoms with E-state index in [9.17, 15) is 0 Å². The van der Waals surface area contributed by atoms with Crippen LogP contribution in [0.1, 0.15) is 0 Å². The zero-order valence-electron chi connectivity index (χ0n) is 13.7. The van der Waals surface area contributed by atoms with E-state index in [2.05, 4.69) is 43.5 Å². The molecular weight excluding hydrogens is 343 g/mol. The standard InChI is InChI=1S/C19H19ClN2O.ClH/c1-22(2)11-12-23-21-19-17-6-4-3-5-14(17)7-8-15-9-10-16(20)13-18(15)19;/h3-10,13H,11-12H2,1-2H3;1H/b21-19+;. The smallest absolute Gasteiger partial charge is 0.165 e. The molecule has 0 radical (unpaired) electrons. The van der Waals surface area contributed by atoms with Crippen LogP contribution >= 0.6 is 11.6 Å². The molecule has 0 saturated carbocycles. The van der Waals surface area contributed by atoms with Crippen molar-refractivity contribution in [3.8, 4) is 0 Å². The number of benzene rings is 2. The number of quaternary nitrogens is 1. The van der Waals surface area contributed by atoms with Crippen LogP contribution in [0.25, 0.3) is 21.5 Å². The Labute approximate surface area is 152 Å². The Morgan fingerprint density at radius 2 is 1.62 bits per heavy atom. The lowest BCUT2D eigenvalue weighted by molar-refractivity contribution is -0.858. The summed E-state index contributed by atoms with van der Waals surface area (Å²) in [5.74, 6) is 0. The maximum Gasteiger partial charge on any atom is 0.165 e. The van der Waals surface area contributed by atoms with Gasteiger partial charge in [-0.05, 0) is 22.9 Å². The molecular formula is C19H20Cl2N2O. The fourth-order valence-corrected chi connectivity index (χ4v) is 2.69. The van der Waals surface area contributed by atoms with Crippen LogP contribution in [-0.4, -0.2) is 27.2 Å². The van der Waals surface area contributed by atoms with Crippen molar-refractivity contribution < 1.29 is 22.1 Å². The van der Waals surface area contributed by atoms with Crippen LogP contribution < -0.4 is 22.7 Å². The highest BCUT2D eigenvalue weighted by molar-refractivity contribution is 6.31. The van der Waals surface area contributed by atoms with Crippen molar-refractivity contribution in [3.05, 3.63) is 65.0 Å². The summed E-state index contributed by atoms with van der Waals surface area (Å²) < 4.78 is 0. The lowest BCUT2D eigenvalue weighted by atomic mass is 10.1. The van der Waals surface area contributed by atoms with E-state index in [4.69, 9.17) is 16.4 Å². The number of hydrogen-bond acceptors (Lipinski definition) is 2. The molecule has 24 heavy (non-hydrogen) atoms. The topological polar surface area (TPSA) is 26.0 Å². The second kappa shape index (κ2) is 8.34. The summed E-state index contributed by atoms with van der Waals surface area (Å²) in [7, 11) is 4.19. The predicted molar refractivity (Wildman–Crippen MR) is 95.7 cm³/mol. The molecule has 0 bridgehead atoms. The van der Waals surface area contributed by atoms with Gasteiger partial charge in [0.05, 0.1) is 14.1 Å². The average Bonchev–Trinajstić information content (AvgIpc) is 2.68. The van der Waals surface area contributed by atoms with Gasteiger partial charge >= 0.3 is 0 Å². The summed E-state index contributed by atoms with van der Waals surface area (Å²) in [4.78, 5) is 6.92. The van der Waals surface area contributed by atoms with Crippen molar-refractivity contribution in [1.29, 1.82) is 0 Å². The largest absolute Gasteiger partial charge is 1.00 e. The van der Waals surface area contributed by atoms with Crippen molar-refractivity contribution in [3.63, 3.8) is 0 Å². The normalized spacial score (nSPS) is 11.8. The molecule has 3 nitrogen and oxygen atoms in total. The molecule has 0 spiro atoms. The van der Waals surface area contributed by atoms with Gasteiger partial charge in [0.25, 0.3) is 0 Å². The lowest BCUT2D eigenvalue weighted by Crippen LogP contribution is -3.06. The van der Waals surface area contributed by atoms with Crippen molar-refractivity contribution >= 4 is 33.1 Å². The Kier molecular flexibility index (Phi) is 6.44. The molecule has 0 saturated heterocycles. The number of likely N-dealkylation sites (N-methyl/N-ethyl adjacent to an activating group) is 1. The van der Waals surface area contributed by atoms with E-state index in [0.29, 0.717) is 11.6 Å². The molecule has 0 unspecified atom stereocenters. The van der Waals surface area contributed by atoms with Crippen molar-refractivity contribution in [2.24, 2.45) is 5.16 Å². The molecule has 0 aromatic heterocycles. The van der Waals surface area contributed by atoms with Gasteiger partial charge in [0.15, 0.2) is 6.61 Å². The average molecular weight is 363 g/mol. The molecule has 0 amide bonds. The van der Waals surface area contributed by atoms with Crippen molar-refractivity contribution in [2.75, 3.05) is 27.2 Å². The maximum absolute atomic E-state index is 6.20. The summed E-state index contributed by atoms with van der Waals surface area (Å²) in [6.07, 6.45) is 0. The molecule has 126 valence electrons. The van der Waals surface area contributed by atoms with Gasteiger partial charge in [-0.25, -0.2) is 0 Å². The second-order valence-electron chi connectivity index (χ2n) is 5.88. The summed E-state index contributed by atoms with van der Waals surface area (Å²) >= 11 is 6.20. The molecule has 5 heteroatoms. The molecule has 0 fully saturated rings. The summed E-state index contributed by atoms with van der Waals surface area (Å²) in [5, 5.41) is 10.2. The molecule has 3 rings (SSSR count). The minimum Gasteiger partial charge on any atom is -1.00 e. The third-order valence-corrected chi connectivity index (χ3v) is 4.01. The predicted octanol–water partition coefficient (Wildman–Crippen LogP) is -0.373. The van der Waals surface area contributed by atoms with Gasteiger partial charge in [-0.3, -0.25) is 0 Å². The SMILES string of the molecule is C[NH+](C)CCO/N=c1\c2ccccc2ccc2ccc(Cl)cc12.[Cl-]. The van der Waals surface area contributed by atoms with Crippen LogP contribution in [0.15, 0.2) is 59.8 Å². The number of halogens is 2. The minimum atomic E-state index is 0. The third kappa shape index (κ3) is 4.18. The third-order valence-electron chi connectivity index (χ3n) is 3.78. The summed E-state index contributed by atoms with van der Waals surface area (Å²) in [5.41, 5.74) is 0. The first-order valence-electron chi connectivity index (χ1n) is 7.71. The van der Waals surface area contributed by atoms with E-state index in [0.717, 1.165) is 33.4 Å². The zero-order chi connectivity index (χ0) is 16.2. The van der Waals surface area contributed by atoms with Crippen molar-refractivity contribution in [2.45, 2.75) is 0 Å². The molecule has 0 aliphatic rings. The van der Waals surface area contributed by atoms with Gasteiger partial charge in [-0.2, -0.15) is 0 Å². The van der Waals surface area contributed by atoms with E-state index < -0.39 is 0 Å². The van der Waals surface area contributed by atoms with E-state index >= 15 is 0 Å². The van der Waals surface area contributed by atoms with Gasteiger partial charge in [0, 0.05) is 15.8 Å². The van der Waals surface area contributed by atoms with Gasteiger partial charge < -0.3 is 22.1 Å². The first-order valence-corrected chi connectivity index (χ1v) is 8.09. The highest BCUT2D eigenvalue weighted by Crippen LogP contribution is 2.19. The number of rotatable bonds is 4. The van der Waals surface area contributed by atoms with Crippen LogP contribution in [0, 0.1) is 0 Å². The highest BCUT2D eigenvalue weighted by atomic mass is 35.5. The molecule has 0 aliphatic heterocycles. The Bertz CT molecular complexity index is 910. The second-order valence-corrected chi connectivity index (χ2v) is 6.32. The molecule has 0 atom stereocenters. The molecule has 3 aromatic carbocycles. The molecule has 0 heterocycles. The molecule has 1 N–H and O–H groups in total. The zero-order valence-corrected chi connectivity index (χ0v) is 15.2. The Morgan fingerprint density at radius 3 is 2.38 bits per heavy atom. The maximum atomic E-state index is 6.20. The van der Waals surface area contributed by atoms with Crippen LogP contribution in [0.2, 0.25) is 5.02 Å². The molecule has 3 aromatic rings. The summed E-state index contributed by atoms with van der Waals surface area (Å²) in [6, 6.07) is 18.2. The monoisotopic (exact) mass is 362 g/mol. The van der Waals surface area contributed by atoms with Crippen LogP contribution in [-0.2, 0) is 4.84 Å². The first kappa shape index (κ1) is 18.5. The van der Waals surface area contributed by atoms with E-state index in [1.807, 2.05) is 30.3 Å².